The van der Waals surface area contributed by atoms with Crippen molar-refractivity contribution in [1.29, 1.82) is 0 Å². The van der Waals surface area contributed by atoms with Crippen LogP contribution in [0.15, 0.2) is 11.6 Å². The standard InChI is InChI=1S/C15H25NO2/c1-15(2,3)18-14(17)16-13-8-6-12(7-9-13)10-11-4-5-11/h10,12-13H,4-9H2,1-3H3,(H,16,17). The van der Waals surface area contributed by atoms with Gasteiger partial charge in [0.25, 0.3) is 0 Å². The molecule has 3 heteroatoms. The highest BCUT2D eigenvalue weighted by atomic mass is 16.6. The molecule has 2 aliphatic rings. The highest BCUT2D eigenvalue weighted by Crippen LogP contribution is 2.34. The minimum Gasteiger partial charge on any atom is -0.444 e. The molecule has 18 heavy (non-hydrogen) atoms. The van der Waals surface area contributed by atoms with Gasteiger partial charge in [-0.15, -0.1) is 0 Å². The zero-order valence-electron chi connectivity index (χ0n) is 11.8. The number of carbonyl (C=O) groups excluding carboxylic acids is 1. The first-order valence-corrected chi connectivity index (χ1v) is 7.11. The van der Waals surface area contributed by atoms with Crippen LogP contribution in [0.25, 0.3) is 0 Å². The molecule has 0 unspecified atom stereocenters. The second-order valence-corrected chi connectivity index (χ2v) is 6.58. The van der Waals surface area contributed by atoms with Gasteiger partial charge in [0.2, 0.25) is 0 Å². The van der Waals surface area contributed by atoms with Crippen molar-refractivity contribution in [2.24, 2.45) is 5.92 Å². The summed E-state index contributed by atoms with van der Waals surface area (Å²) in [4.78, 5) is 11.7. The van der Waals surface area contributed by atoms with Crippen molar-refractivity contribution in [3.05, 3.63) is 11.6 Å². The largest absolute Gasteiger partial charge is 0.444 e. The first-order valence-electron chi connectivity index (χ1n) is 7.11. The fourth-order valence-corrected chi connectivity index (χ4v) is 2.48. The molecule has 0 aromatic heterocycles. The summed E-state index contributed by atoms with van der Waals surface area (Å²) in [5.41, 5.74) is 1.23. The molecule has 2 aliphatic carbocycles. The zero-order chi connectivity index (χ0) is 13.2. The van der Waals surface area contributed by atoms with Gasteiger partial charge in [-0.05, 0) is 65.2 Å². The Labute approximate surface area is 110 Å². The molecular formula is C15H25NO2. The van der Waals surface area contributed by atoms with Crippen molar-refractivity contribution in [1.82, 2.24) is 5.32 Å². The molecule has 2 fully saturated rings. The van der Waals surface area contributed by atoms with Gasteiger partial charge in [-0.2, -0.15) is 0 Å². The van der Waals surface area contributed by atoms with Crippen LogP contribution in [0.2, 0.25) is 0 Å². The van der Waals surface area contributed by atoms with Crippen LogP contribution < -0.4 is 5.32 Å². The van der Waals surface area contributed by atoms with E-state index in [1.165, 1.54) is 25.7 Å². The normalized spacial score (nSPS) is 27.6. The summed E-state index contributed by atoms with van der Waals surface area (Å²) >= 11 is 0. The first kappa shape index (κ1) is 13.4. The van der Waals surface area contributed by atoms with E-state index in [-0.39, 0.29) is 6.09 Å². The zero-order valence-corrected chi connectivity index (χ0v) is 11.8. The molecule has 0 atom stereocenters. The number of hydrogen-bond donors (Lipinski definition) is 1. The number of amides is 1. The summed E-state index contributed by atoms with van der Waals surface area (Å²) < 4.78 is 5.28. The van der Waals surface area contributed by atoms with E-state index in [4.69, 9.17) is 4.74 Å². The van der Waals surface area contributed by atoms with E-state index in [9.17, 15) is 4.79 Å². The van der Waals surface area contributed by atoms with Crippen molar-refractivity contribution >= 4 is 6.09 Å². The molecular weight excluding hydrogens is 226 g/mol. The lowest BCUT2D eigenvalue weighted by atomic mass is 9.86. The van der Waals surface area contributed by atoms with Crippen molar-refractivity contribution in [2.45, 2.75) is 70.9 Å². The monoisotopic (exact) mass is 251 g/mol. The third-order valence-corrected chi connectivity index (χ3v) is 3.50. The highest BCUT2D eigenvalue weighted by molar-refractivity contribution is 5.68. The molecule has 0 saturated heterocycles. The van der Waals surface area contributed by atoms with Gasteiger partial charge in [-0.1, -0.05) is 11.6 Å². The topological polar surface area (TPSA) is 38.3 Å². The van der Waals surface area contributed by atoms with E-state index in [2.05, 4.69) is 11.4 Å². The Balaban J connectivity index is 1.69. The number of allylic oxidation sites excluding steroid dienone is 2. The molecule has 0 heterocycles. The van der Waals surface area contributed by atoms with Crippen molar-refractivity contribution in [3.63, 3.8) is 0 Å². The quantitative estimate of drug-likeness (QED) is 0.758. The van der Waals surface area contributed by atoms with Gasteiger partial charge in [0.15, 0.2) is 0 Å². The Morgan fingerprint density at radius 3 is 2.33 bits per heavy atom. The lowest BCUT2D eigenvalue weighted by molar-refractivity contribution is 0.0490. The molecule has 2 rings (SSSR count). The smallest absolute Gasteiger partial charge is 0.407 e. The average Bonchev–Trinajstić information content (AvgIpc) is 3.02. The Morgan fingerprint density at radius 2 is 1.83 bits per heavy atom. The highest BCUT2D eigenvalue weighted by Gasteiger charge is 2.25. The molecule has 0 bridgehead atoms. The minimum atomic E-state index is -0.405. The van der Waals surface area contributed by atoms with Crippen LogP contribution in [-0.2, 0) is 4.74 Å². The Hall–Kier alpha value is -0.990. The third kappa shape index (κ3) is 4.71. The van der Waals surface area contributed by atoms with Gasteiger partial charge in [-0.3, -0.25) is 0 Å². The summed E-state index contributed by atoms with van der Waals surface area (Å²) in [7, 11) is 0. The number of alkyl carbamates (subject to hydrolysis) is 1. The number of carbonyl (C=O) groups is 1. The summed E-state index contributed by atoms with van der Waals surface area (Å²) in [6.45, 7) is 5.68. The van der Waals surface area contributed by atoms with E-state index in [1.54, 1.807) is 5.57 Å². The summed E-state index contributed by atoms with van der Waals surface area (Å²) in [5, 5.41) is 2.98. The molecule has 0 spiro atoms. The van der Waals surface area contributed by atoms with Gasteiger partial charge < -0.3 is 10.1 Å². The van der Waals surface area contributed by atoms with E-state index < -0.39 is 5.60 Å². The molecule has 102 valence electrons. The van der Waals surface area contributed by atoms with E-state index in [0.29, 0.717) is 6.04 Å². The molecule has 0 radical (unpaired) electrons. The summed E-state index contributed by atoms with van der Waals surface area (Å²) in [5.74, 6) is 0.749. The number of nitrogens with one attached hydrogen (secondary N) is 1. The minimum absolute atomic E-state index is 0.272. The van der Waals surface area contributed by atoms with Gasteiger partial charge >= 0.3 is 6.09 Å². The lowest BCUT2D eigenvalue weighted by Crippen LogP contribution is -2.40. The molecule has 0 aromatic rings. The number of ether oxygens (including phenoxy) is 1. The Bertz CT molecular complexity index is 327. The molecule has 1 N–H and O–H groups in total. The third-order valence-electron chi connectivity index (χ3n) is 3.50. The van der Waals surface area contributed by atoms with Gasteiger partial charge in [0, 0.05) is 6.04 Å². The van der Waals surface area contributed by atoms with Gasteiger partial charge in [-0.25, -0.2) is 4.79 Å². The van der Waals surface area contributed by atoms with Crippen LogP contribution >= 0.6 is 0 Å². The van der Waals surface area contributed by atoms with Gasteiger partial charge in [0.05, 0.1) is 0 Å². The molecule has 3 nitrogen and oxygen atoms in total. The van der Waals surface area contributed by atoms with Gasteiger partial charge in [0.1, 0.15) is 5.60 Å². The van der Waals surface area contributed by atoms with E-state index >= 15 is 0 Å². The van der Waals surface area contributed by atoms with Crippen molar-refractivity contribution in [3.8, 4) is 0 Å². The van der Waals surface area contributed by atoms with Crippen LogP contribution in [0.3, 0.4) is 0 Å². The van der Waals surface area contributed by atoms with Crippen LogP contribution in [0, 0.1) is 5.92 Å². The fraction of sp³-hybridized carbons (Fsp3) is 0.800. The number of rotatable bonds is 2. The lowest BCUT2D eigenvalue weighted by Gasteiger charge is -2.28. The van der Waals surface area contributed by atoms with Crippen molar-refractivity contribution < 1.29 is 9.53 Å². The van der Waals surface area contributed by atoms with Crippen LogP contribution in [-0.4, -0.2) is 17.7 Å². The maximum absolute atomic E-state index is 11.7. The van der Waals surface area contributed by atoms with E-state index in [1.807, 2.05) is 20.8 Å². The second kappa shape index (κ2) is 5.33. The maximum Gasteiger partial charge on any atom is 0.407 e. The van der Waals surface area contributed by atoms with Crippen LogP contribution in [0.4, 0.5) is 4.79 Å². The summed E-state index contributed by atoms with van der Waals surface area (Å²) in [6, 6.07) is 0.300. The maximum atomic E-state index is 11.7. The summed E-state index contributed by atoms with van der Waals surface area (Å²) in [6.07, 6.45) is 9.37. The second-order valence-electron chi connectivity index (χ2n) is 6.58. The first-order chi connectivity index (χ1) is 8.42. The average molecular weight is 251 g/mol. The molecule has 0 aliphatic heterocycles. The molecule has 1 amide bonds. The van der Waals surface area contributed by atoms with E-state index in [0.717, 1.165) is 18.8 Å². The number of hydrogen-bond acceptors (Lipinski definition) is 2. The van der Waals surface area contributed by atoms with Crippen molar-refractivity contribution in [2.75, 3.05) is 0 Å². The SMILES string of the molecule is CC(C)(C)OC(=O)NC1CCC(C=C2CC2)CC1. The van der Waals surface area contributed by atoms with Crippen LogP contribution in [0.1, 0.15) is 59.3 Å². The predicted molar refractivity (Wildman–Crippen MR) is 72.4 cm³/mol. The van der Waals surface area contributed by atoms with Crippen LogP contribution in [0.5, 0.6) is 0 Å². The molecule has 0 aromatic carbocycles. The fourth-order valence-electron chi connectivity index (χ4n) is 2.48. The Kier molecular flexibility index (Phi) is 3.98. The Morgan fingerprint density at radius 1 is 1.22 bits per heavy atom. The predicted octanol–water partition coefficient (Wildman–Crippen LogP) is 3.79. The molecule has 2 saturated carbocycles.